The van der Waals surface area contributed by atoms with Gasteiger partial charge in [0.15, 0.2) is 0 Å². The molecule has 0 amide bonds. The number of anilines is 2. The first kappa shape index (κ1) is 13.8. The normalized spacial score (nSPS) is 15.5. The van der Waals surface area contributed by atoms with E-state index in [0.29, 0.717) is 5.92 Å². The zero-order valence-corrected chi connectivity index (χ0v) is 13.5. The Hall–Kier alpha value is -0.590. The Labute approximate surface area is 123 Å². The van der Waals surface area contributed by atoms with Crippen molar-refractivity contribution in [2.24, 2.45) is 5.92 Å². The molecular formula is C13H21IN4. The molecule has 0 unspecified atom stereocenters. The second-order valence-electron chi connectivity index (χ2n) is 5.18. The van der Waals surface area contributed by atoms with Gasteiger partial charge in [0.1, 0.15) is 5.82 Å². The highest BCUT2D eigenvalue weighted by Crippen LogP contribution is 2.25. The lowest BCUT2D eigenvalue weighted by Gasteiger charge is -2.19. The van der Waals surface area contributed by atoms with Crippen molar-refractivity contribution in [1.29, 1.82) is 0 Å². The maximum Gasteiger partial charge on any atom is 0.227 e. The summed E-state index contributed by atoms with van der Waals surface area (Å²) in [5.74, 6) is 2.47. The van der Waals surface area contributed by atoms with Crippen LogP contribution in [0.15, 0.2) is 0 Å². The molecule has 4 nitrogen and oxygen atoms in total. The van der Waals surface area contributed by atoms with Crippen LogP contribution in [-0.4, -0.2) is 30.1 Å². The maximum atomic E-state index is 4.77. The van der Waals surface area contributed by atoms with Gasteiger partial charge in [-0.05, 0) is 47.8 Å². The summed E-state index contributed by atoms with van der Waals surface area (Å²) in [6.45, 7) is 6.63. The van der Waals surface area contributed by atoms with Crippen LogP contribution < -0.4 is 10.2 Å². The van der Waals surface area contributed by atoms with Crippen LogP contribution in [0.25, 0.3) is 0 Å². The van der Waals surface area contributed by atoms with Crippen LogP contribution in [0, 0.1) is 9.49 Å². The molecule has 0 aliphatic carbocycles. The fourth-order valence-corrected chi connectivity index (χ4v) is 2.96. The summed E-state index contributed by atoms with van der Waals surface area (Å²) in [5.41, 5.74) is 1.17. The van der Waals surface area contributed by atoms with Crippen LogP contribution in [0.2, 0.25) is 0 Å². The van der Waals surface area contributed by atoms with Gasteiger partial charge < -0.3 is 10.2 Å². The predicted octanol–water partition coefficient (Wildman–Crippen LogP) is 2.92. The molecule has 1 aromatic rings. The molecule has 2 rings (SSSR count). The molecule has 0 atom stereocenters. The summed E-state index contributed by atoms with van der Waals surface area (Å²) in [6.07, 6.45) is 3.52. The van der Waals surface area contributed by atoms with Crippen LogP contribution >= 0.6 is 22.6 Å². The summed E-state index contributed by atoms with van der Waals surface area (Å²) in [6, 6.07) is 0. The molecule has 5 heteroatoms. The first-order valence-corrected chi connectivity index (χ1v) is 7.68. The summed E-state index contributed by atoms with van der Waals surface area (Å²) in [7, 11) is 1.93. The Balaban J connectivity index is 2.35. The van der Waals surface area contributed by atoms with E-state index >= 15 is 0 Å². The number of nitrogens with zero attached hydrogens (tertiary/aromatic N) is 3. The fraction of sp³-hybridized carbons (Fsp3) is 0.692. The van der Waals surface area contributed by atoms with Crippen molar-refractivity contribution in [3.8, 4) is 0 Å². The Morgan fingerprint density at radius 3 is 2.50 bits per heavy atom. The van der Waals surface area contributed by atoms with Gasteiger partial charge in [0.05, 0.1) is 9.26 Å². The summed E-state index contributed by atoms with van der Waals surface area (Å²) in [4.78, 5) is 11.7. The molecule has 0 bridgehead atoms. The van der Waals surface area contributed by atoms with Crippen molar-refractivity contribution in [2.45, 2.75) is 33.1 Å². The third kappa shape index (κ3) is 3.05. The van der Waals surface area contributed by atoms with E-state index in [4.69, 9.17) is 4.98 Å². The third-order valence-corrected chi connectivity index (χ3v) is 4.27. The smallest absolute Gasteiger partial charge is 0.227 e. The van der Waals surface area contributed by atoms with Crippen LogP contribution in [0.1, 0.15) is 32.4 Å². The zero-order valence-electron chi connectivity index (χ0n) is 11.3. The summed E-state index contributed by atoms with van der Waals surface area (Å²) >= 11 is 2.35. The van der Waals surface area contributed by atoms with Gasteiger partial charge in [0.25, 0.3) is 0 Å². The molecule has 1 aromatic heterocycles. The van der Waals surface area contributed by atoms with Crippen molar-refractivity contribution in [3.05, 3.63) is 9.26 Å². The van der Waals surface area contributed by atoms with Gasteiger partial charge in [-0.1, -0.05) is 13.8 Å². The Morgan fingerprint density at radius 1 is 1.28 bits per heavy atom. The lowest BCUT2D eigenvalue weighted by atomic mass is 10.1. The van der Waals surface area contributed by atoms with E-state index in [9.17, 15) is 0 Å². The van der Waals surface area contributed by atoms with Crippen molar-refractivity contribution in [3.63, 3.8) is 0 Å². The molecule has 1 aliphatic rings. The minimum absolute atomic E-state index is 0.615. The first-order chi connectivity index (χ1) is 8.61. The predicted molar refractivity (Wildman–Crippen MR) is 84.3 cm³/mol. The van der Waals surface area contributed by atoms with E-state index in [1.54, 1.807) is 0 Å². The number of aromatic nitrogens is 2. The van der Waals surface area contributed by atoms with Gasteiger partial charge >= 0.3 is 0 Å². The Bertz CT molecular complexity index is 414. The second-order valence-corrected chi connectivity index (χ2v) is 6.25. The molecule has 1 aliphatic heterocycles. The van der Waals surface area contributed by atoms with Gasteiger partial charge in [-0.2, -0.15) is 4.98 Å². The minimum atomic E-state index is 0.615. The lowest BCUT2D eigenvalue weighted by molar-refractivity contribution is 0.631. The molecule has 0 radical (unpaired) electrons. The number of hydrogen-bond acceptors (Lipinski definition) is 4. The largest absolute Gasteiger partial charge is 0.372 e. The van der Waals surface area contributed by atoms with Crippen LogP contribution in [0.5, 0.6) is 0 Å². The third-order valence-electron chi connectivity index (χ3n) is 3.14. The highest BCUT2D eigenvalue weighted by molar-refractivity contribution is 14.1. The molecule has 1 fully saturated rings. The van der Waals surface area contributed by atoms with E-state index in [1.807, 2.05) is 7.05 Å². The molecule has 18 heavy (non-hydrogen) atoms. The molecule has 0 spiro atoms. The SMILES string of the molecule is CNc1nc(N2CCCC2)nc(CC(C)C)c1I. The highest BCUT2D eigenvalue weighted by atomic mass is 127. The number of hydrogen-bond donors (Lipinski definition) is 1. The number of nitrogens with one attached hydrogen (secondary N) is 1. The highest BCUT2D eigenvalue weighted by Gasteiger charge is 2.19. The van der Waals surface area contributed by atoms with E-state index < -0.39 is 0 Å². The Kier molecular flexibility index (Phi) is 4.64. The van der Waals surface area contributed by atoms with Gasteiger partial charge in [-0.25, -0.2) is 4.98 Å². The topological polar surface area (TPSA) is 41.1 Å². The van der Waals surface area contributed by atoms with Crippen molar-refractivity contribution >= 4 is 34.4 Å². The molecule has 0 aromatic carbocycles. The van der Waals surface area contributed by atoms with E-state index in [-0.39, 0.29) is 0 Å². The average molecular weight is 360 g/mol. The monoisotopic (exact) mass is 360 g/mol. The summed E-state index contributed by atoms with van der Waals surface area (Å²) in [5, 5.41) is 3.19. The van der Waals surface area contributed by atoms with E-state index in [2.05, 4.69) is 51.6 Å². The van der Waals surface area contributed by atoms with Crippen molar-refractivity contribution < 1.29 is 0 Å². The average Bonchev–Trinajstić information content (AvgIpc) is 2.84. The molecule has 1 saturated heterocycles. The molecule has 2 heterocycles. The van der Waals surface area contributed by atoms with E-state index in [0.717, 1.165) is 34.8 Å². The van der Waals surface area contributed by atoms with Crippen molar-refractivity contribution in [1.82, 2.24) is 9.97 Å². The molecule has 0 saturated carbocycles. The molecular weight excluding hydrogens is 339 g/mol. The van der Waals surface area contributed by atoms with Crippen LogP contribution in [0.3, 0.4) is 0 Å². The van der Waals surface area contributed by atoms with Gasteiger partial charge in [-0.15, -0.1) is 0 Å². The summed E-state index contributed by atoms with van der Waals surface area (Å²) < 4.78 is 1.16. The van der Waals surface area contributed by atoms with Crippen LogP contribution in [0.4, 0.5) is 11.8 Å². The Morgan fingerprint density at radius 2 is 1.94 bits per heavy atom. The quantitative estimate of drug-likeness (QED) is 0.839. The van der Waals surface area contributed by atoms with Crippen LogP contribution in [-0.2, 0) is 6.42 Å². The standard InChI is InChI=1S/C13H21IN4/c1-9(2)8-10-11(14)12(15-3)17-13(16-10)18-6-4-5-7-18/h9H,4-8H2,1-3H3,(H,15,16,17). The molecule has 1 N–H and O–H groups in total. The zero-order chi connectivity index (χ0) is 13.1. The van der Waals surface area contributed by atoms with Crippen molar-refractivity contribution in [2.75, 3.05) is 30.4 Å². The van der Waals surface area contributed by atoms with E-state index in [1.165, 1.54) is 18.5 Å². The first-order valence-electron chi connectivity index (χ1n) is 6.61. The van der Waals surface area contributed by atoms with Gasteiger partial charge in [0.2, 0.25) is 5.95 Å². The fourth-order valence-electron chi connectivity index (χ4n) is 2.23. The second kappa shape index (κ2) is 6.04. The van der Waals surface area contributed by atoms with Gasteiger partial charge in [-0.3, -0.25) is 0 Å². The number of rotatable bonds is 4. The van der Waals surface area contributed by atoms with Gasteiger partial charge in [0, 0.05) is 20.1 Å². The number of halogens is 1. The lowest BCUT2D eigenvalue weighted by Crippen LogP contribution is -2.22. The maximum absolute atomic E-state index is 4.77. The molecule has 100 valence electrons. The minimum Gasteiger partial charge on any atom is -0.372 e.